The van der Waals surface area contributed by atoms with E-state index in [1.807, 2.05) is 12.1 Å². The molecular weight excluding hydrogens is 262 g/mol. The molecular formula is C15H20ClNO2. The van der Waals surface area contributed by atoms with Gasteiger partial charge in [-0.25, -0.2) is 0 Å². The molecule has 1 unspecified atom stereocenters. The summed E-state index contributed by atoms with van der Waals surface area (Å²) in [5.74, 6) is 0.773. The van der Waals surface area contributed by atoms with Crippen molar-refractivity contribution in [3.05, 3.63) is 28.8 Å². The minimum atomic E-state index is 0.170. The van der Waals surface area contributed by atoms with Gasteiger partial charge in [0.2, 0.25) is 0 Å². The number of ether oxygens (including phenoxy) is 2. The summed E-state index contributed by atoms with van der Waals surface area (Å²) in [4.78, 5) is 0. The Morgan fingerprint density at radius 1 is 1.32 bits per heavy atom. The van der Waals surface area contributed by atoms with E-state index in [0.29, 0.717) is 24.3 Å². The molecule has 0 aromatic heterocycles. The highest BCUT2D eigenvalue weighted by atomic mass is 35.5. The van der Waals surface area contributed by atoms with E-state index in [4.69, 9.17) is 21.1 Å². The fraction of sp³-hybridized carbons (Fsp3) is 0.600. The Kier molecular flexibility index (Phi) is 4.26. The molecule has 3 nitrogen and oxygen atoms in total. The lowest BCUT2D eigenvalue weighted by Gasteiger charge is -2.27. The molecule has 2 fully saturated rings. The van der Waals surface area contributed by atoms with Crippen molar-refractivity contribution in [3.8, 4) is 5.75 Å². The van der Waals surface area contributed by atoms with Crippen molar-refractivity contribution in [1.29, 1.82) is 0 Å². The molecule has 104 valence electrons. The van der Waals surface area contributed by atoms with Crippen LogP contribution in [0.1, 0.15) is 24.8 Å². The van der Waals surface area contributed by atoms with E-state index in [9.17, 15) is 0 Å². The average molecular weight is 282 g/mol. The van der Waals surface area contributed by atoms with Crippen LogP contribution in [0.5, 0.6) is 5.75 Å². The maximum atomic E-state index is 6.29. The molecule has 19 heavy (non-hydrogen) atoms. The Balaban J connectivity index is 1.61. The fourth-order valence-electron chi connectivity index (χ4n) is 2.61. The second-order valence-corrected chi connectivity index (χ2v) is 5.80. The van der Waals surface area contributed by atoms with Gasteiger partial charge in [-0.1, -0.05) is 24.1 Å². The largest absolute Gasteiger partial charge is 0.484 e. The molecule has 0 radical (unpaired) electrons. The molecule has 0 saturated carbocycles. The first-order valence-electron chi connectivity index (χ1n) is 7.07. The van der Waals surface area contributed by atoms with E-state index >= 15 is 0 Å². The monoisotopic (exact) mass is 281 g/mol. The van der Waals surface area contributed by atoms with Gasteiger partial charge >= 0.3 is 0 Å². The third kappa shape index (κ3) is 3.41. The van der Waals surface area contributed by atoms with E-state index in [1.165, 1.54) is 24.8 Å². The van der Waals surface area contributed by atoms with Gasteiger partial charge in [0.25, 0.3) is 0 Å². The van der Waals surface area contributed by atoms with E-state index in [-0.39, 0.29) is 6.10 Å². The number of halogens is 1. The van der Waals surface area contributed by atoms with Gasteiger partial charge < -0.3 is 14.8 Å². The van der Waals surface area contributed by atoms with Crippen molar-refractivity contribution >= 4 is 11.6 Å². The van der Waals surface area contributed by atoms with Crippen LogP contribution in [0.15, 0.2) is 18.2 Å². The van der Waals surface area contributed by atoms with Crippen LogP contribution in [0.2, 0.25) is 5.02 Å². The topological polar surface area (TPSA) is 30.5 Å². The molecule has 2 heterocycles. The van der Waals surface area contributed by atoms with Gasteiger partial charge in [-0.05, 0) is 43.5 Å². The molecule has 2 saturated heterocycles. The van der Waals surface area contributed by atoms with Gasteiger partial charge in [-0.3, -0.25) is 0 Å². The minimum absolute atomic E-state index is 0.170. The normalized spacial score (nSPS) is 23.9. The number of benzene rings is 1. The van der Waals surface area contributed by atoms with E-state index in [2.05, 4.69) is 11.4 Å². The predicted octanol–water partition coefficient (Wildman–Crippen LogP) is 2.80. The van der Waals surface area contributed by atoms with Crippen molar-refractivity contribution in [2.24, 2.45) is 0 Å². The van der Waals surface area contributed by atoms with Crippen molar-refractivity contribution in [2.45, 2.75) is 37.8 Å². The Hall–Kier alpha value is -0.770. The first kappa shape index (κ1) is 13.2. The highest BCUT2D eigenvalue weighted by Crippen LogP contribution is 2.28. The SMILES string of the molecule is Clc1cc(CC2CCCCN2)ccc1OC1COC1. The minimum Gasteiger partial charge on any atom is -0.484 e. The Morgan fingerprint density at radius 3 is 2.84 bits per heavy atom. The zero-order chi connectivity index (χ0) is 13.1. The molecule has 1 aromatic carbocycles. The number of hydrogen-bond acceptors (Lipinski definition) is 3. The van der Waals surface area contributed by atoms with Crippen molar-refractivity contribution in [2.75, 3.05) is 19.8 Å². The van der Waals surface area contributed by atoms with Crippen molar-refractivity contribution < 1.29 is 9.47 Å². The summed E-state index contributed by atoms with van der Waals surface area (Å²) in [6.45, 7) is 2.48. The van der Waals surface area contributed by atoms with Crippen molar-refractivity contribution in [3.63, 3.8) is 0 Å². The van der Waals surface area contributed by atoms with Gasteiger partial charge in [0.1, 0.15) is 11.9 Å². The standard InChI is InChI=1S/C15H20ClNO2/c16-14-8-11(7-12-3-1-2-6-17-12)4-5-15(14)19-13-9-18-10-13/h4-5,8,12-13,17H,1-3,6-7,9-10H2. The van der Waals surface area contributed by atoms with Gasteiger partial charge in [-0.15, -0.1) is 0 Å². The summed E-state index contributed by atoms with van der Waals surface area (Å²) in [5, 5.41) is 4.27. The van der Waals surface area contributed by atoms with Gasteiger partial charge in [0.05, 0.1) is 18.2 Å². The van der Waals surface area contributed by atoms with Crippen LogP contribution in [0, 0.1) is 0 Å². The third-order valence-electron chi connectivity index (χ3n) is 3.79. The molecule has 0 amide bonds. The molecule has 1 aromatic rings. The van der Waals surface area contributed by atoms with Crippen LogP contribution in [-0.4, -0.2) is 31.9 Å². The molecule has 3 rings (SSSR count). The van der Waals surface area contributed by atoms with Crippen LogP contribution >= 0.6 is 11.6 Å². The molecule has 0 bridgehead atoms. The number of piperidine rings is 1. The van der Waals surface area contributed by atoms with E-state index < -0.39 is 0 Å². The predicted molar refractivity (Wildman–Crippen MR) is 76.0 cm³/mol. The molecule has 2 aliphatic heterocycles. The number of nitrogens with one attached hydrogen (secondary N) is 1. The lowest BCUT2D eigenvalue weighted by molar-refractivity contribution is -0.0796. The highest BCUT2D eigenvalue weighted by molar-refractivity contribution is 6.32. The number of hydrogen-bond donors (Lipinski definition) is 1. The van der Waals surface area contributed by atoms with Gasteiger partial charge in [-0.2, -0.15) is 0 Å². The molecule has 0 aliphatic carbocycles. The third-order valence-corrected chi connectivity index (χ3v) is 4.09. The second-order valence-electron chi connectivity index (χ2n) is 5.39. The smallest absolute Gasteiger partial charge is 0.145 e. The van der Waals surface area contributed by atoms with Crippen LogP contribution in [0.3, 0.4) is 0 Å². The summed E-state index contributed by atoms with van der Waals surface area (Å²) in [5.41, 5.74) is 1.28. The quantitative estimate of drug-likeness (QED) is 0.921. The molecule has 4 heteroatoms. The second kappa shape index (κ2) is 6.12. The number of rotatable bonds is 4. The van der Waals surface area contributed by atoms with Gasteiger partial charge in [0.15, 0.2) is 0 Å². The van der Waals surface area contributed by atoms with Crippen LogP contribution < -0.4 is 10.1 Å². The highest BCUT2D eigenvalue weighted by Gasteiger charge is 2.21. The molecule has 0 spiro atoms. The summed E-state index contributed by atoms with van der Waals surface area (Å²) in [6, 6.07) is 6.74. The fourth-order valence-corrected chi connectivity index (χ4v) is 2.86. The summed E-state index contributed by atoms with van der Waals surface area (Å²) in [7, 11) is 0. The van der Waals surface area contributed by atoms with Crippen molar-refractivity contribution in [1.82, 2.24) is 5.32 Å². The lowest BCUT2D eigenvalue weighted by Crippen LogP contribution is -2.38. The lowest BCUT2D eigenvalue weighted by atomic mass is 9.98. The average Bonchev–Trinajstić information content (AvgIpc) is 2.37. The molecule has 2 aliphatic rings. The summed E-state index contributed by atoms with van der Waals surface area (Å²) >= 11 is 6.29. The van der Waals surface area contributed by atoms with E-state index in [0.717, 1.165) is 18.7 Å². The van der Waals surface area contributed by atoms with Crippen LogP contribution in [-0.2, 0) is 11.2 Å². The van der Waals surface area contributed by atoms with Gasteiger partial charge in [0, 0.05) is 6.04 Å². The summed E-state index contributed by atoms with van der Waals surface area (Å²) in [6.07, 6.45) is 5.10. The first-order valence-corrected chi connectivity index (χ1v) is 7.45. The molecule has 1 atom stereocenters. The molecule has 1 N–H and O–H groups in total. The van der Waals surface area contributed by atoms with Crippen LogP contribution in [0.25, 0.3) is 0 Å². The Labute approximate surface area is 119 Å². The van der Waals surface area contributed by atoms with Crippen LogP contribution in [0.4, 0.5) is 0 Å². The zero-order valence-corrected chi connectivity index (χ0v) is 11.8. The Morgan fingerprint density at radius 2 is 2.21 bits per heavy atom. The summed E-state index contributed by atoms with van der Waals surface area (Å²) < 4.78 is 10.8. The maximum Gasteiger partial charge on any atom is 0.145 e. The zero-order valence-electron chi connectivity index (χ0n) is 11.0. The maximum absolute atomic E-state index is 6.29. The Bertz CT molecular complexity index is 428. The first-order chi connectivity index (χ1) is 9.31. The van der Waals surface area contributed by atoms with E-state index in [1.54, 1.807) is 0 Å².